The van der Waals surface area contributed by atoms with E-state index in [2.05, 4.69) is 13.8 Å². The molecule has 1 aromatic carbocycles. The molecule has 0 saturated heterocycles. The number of hydrogen-bond donors (Lipinski definition) is 0. The number of para-hydroxylation sites is 1. The summed E-state index contributed by atoms with van der Waals surface area (Å²) in [4.78, 5) is 1.79. The molecule has 1 aromatic rings. The van der Waals surface area contributed by atoms with Crippen LogP contribution in [0.3, 0.4) is 0 Å². The Labute approximate surface area is 91.9 Å². The molecule has 0 spiro atoms. The molecule has 1 rings (SSSR count). The normalized spacial score (nSPS) is 12.5. The van der Waals surface area contributed by atoms with E-state index in [1.165, 1.54) is 0 Å². The van der Waals surface area contributed by atoms with Crippen molar-refractivity contribution in [2.45, 2.75) is 26.7 Å². The fraction of sp³-hybridized carbons (Fsp3) is 0.538. The summed E-state index contributed by atoms with van der Waals surface area (Å²) in [6.45, 7) is 4.74. The van der Waals surface area contributed by atoms with Crippen molar-refractivity contribution in [2.75, 3.05) is 18.2 Å². The van der Waals surface area contributed by atoms with Gasteiger partial charge in [-0.25, -0.2) is 4.39 Å². The van der Waals surface area contributed by atoms with Gasteiger partial charge in [0.1, 0.15) is 0 Å². The number of anilines is 1. The van der Waals surface area contributed by atoms with Gasteiger partial charge in [0.15, 0.2) is 6.80 Å². The average molecular weight is 209 g/mol. The third-order valence-corrected chi connectivity index (χ3v) is 2.58. The van der Waals surface area contributed by atoms with Crippen molar-refractivity contribution < 1.29 is 4.39 Å². The third kappa shape index (κ3) is 3.90. The van der Waals surface area contributed by atoms with Gasteiger partial charge >= 0.3 is 0 Å². The van der Waals surface area contributed by atoms with Crippen molar-refractivity contribution in [3.05, 3.63) is 30.3 Å². The minimum atomic E-state index is -0.405. The fourth-order valence-corrected chi connectivity index (χ4v) is 1.82. The Morgan fingerprint density at radius 1 is 1.27 bits per heavy atom. The van der Waals surface area contributed by atoms with Gasteiger partial charge in [-0.1, -0.05) is 38.5 Å². The van der Waals surface area contributed by atoms with Crippen molar-refractivity contribution in [1.82, 2.24) is 0 Å². The molecule has 0 bridgehead atoms. The van der Waals surface area contributed by atoms with Crippen LogP contribution in [0.1, 0.15) is 26.7 Å². The van der Waals surface area contributed by atoms with Crippen molar-refractivity contribution in [3.63, 3.8) is 0 Å². The molecule has 84 valence electrons. The largest absolute Gasteiger partial charge is 0.344 e. The zero-order chi connectivity index (χ0) is 11.1. The summed E-state index contributed by atoms with van der Waals surface area (Å²) >= 11 is 0. The maximum Gasteiger partial charge on any atom is 0.161 e. The van der Waals surface area contributed by atoms with Crippen LogP contribution in [0.5, 0.6) is 0 Å². The van der Waals surface area contributed by atoms with E-state index < -0.39 is 6.80 Å². The van der Waals surface area contributed by atoms with Crippen LogP contribution in [0.2, 0.25) is 0 Å². The monoisotopic (exact) mass is 209 g/mol. The molecular formula is C13H20FN. The van der Waals surface area contributed by atoms with Gasteiger partial charge in [0, 0.05) is 12.2 Å². The topological polar surface area (TPSA) is 3.24 Å². The van der Waals surface area contributed by atoms with E-state index in [-0.39, 0.29) is 0 Å². The quantitative estimate of drug-likeness (QED) is 0.643. The Hall–Kier alpha value is -1.05. The summed E-state index contributed by atoms with van der Waals surface area (Å²) < 4.78 is 12.9. The number of rotatable bonds is 6. The van der Waals surface area contributed by atoms with E-state index in [0.717, 1.165) is 25.1 Å². The van der Waals surface area contributed by atoms with Crippen LogP contribution in [0, 0.1) is 5.92 Å². The summed E-state index contributed by atoms with van der Waals surface area (Å²) in [5, 5.41) is 0. The zero-order valence-electron chi connectivity index (χ0n) is 9.62. The first kappa shape index (κ1) is 12.0. The van der Waals surface area contributed by atoms with Gasteiger partial charge in [-0.3, -0.25) is 0 Å². The number of hydrogen-bond acceptors (Lipinski definition) is 1. The smallest absolute Gasteiger partial charge is 0.161 e. The second-order valence-corrected chi connectivity index (χ2v) is 4.07. The van der Waals surface area contributed by atoms with E-state index in [0.29, 0.717) is 5.92 Å². The first-order valence-corrected chi connectivity index (χ1v) is 5.63. The Kier molecular flexibility index (Phi) is 5.16. The molecule has 0 radical (unpaired) electrons. The summed E-state index contributed by atoms with van der Waals surface area (Å²) in [5.74, 6) is 0.547. The molecule has 0 fully saturated rings. The molecule has 0 aromatic heterocycles. The van der Waals surface area contributed by atoms with Crippen LogP contribution in [0.4, 0.5) is 10.1 Å². The van der Waals surface area contributed by atoms with E-state index in [1.807, 2.05) is 30.3 Å². The molecule has 0 N–H and O–H groups in total. The maximum atomic E-state index is 12.9. The van der Waals surface area contributed by atoms with E-state index >= 15 is 0 Å². The number of benzene rings is 1. The molecule has 0 saturated carbocycles. The van der Waals surface area contributed by atoms with Crippen molar-refractivity contribution >= 4 is 5.69 Å². The lowest BCUT2D eigenvalue weighted by molar-refractivity contribution is 0.430. The lowest BCUT2D eigenvalue weighted by Crippen LogP contribution is -2.27. The highest BCUT2D eigenvalue weighted by atomic mass is 19.1. The molecule has 0 amide bonds. The molecule has 0 aliphatic rings. The summed E-state index contributed by atoms with van der Waals surface area (Å²) in [7, 11) is 0. The number of alkyl halides is 1. The summed E-state index contributed by atoms with van der Waals surface area (Å²) in [5.41, 5.74) is 0.975. The zero-order valence-corrected chi connectivity index (χ0v) is 9.62. The molecule has 0 aliphatic carbocycles. The van der Waals surface area contributed by atoms with Crippen molar-refractivity contribution in [3.8, 4) is 0 Å². The summed E-state index contributed by atoms with van der Waals surface area (Å²) in [6.07, 6.45) is 2.32. The van der Waals surface area contributed by atoms with Crippen LogP contribution in [-0.4, -0.2) is 13.3 Å². The molecule has 0 aliphatic heterocycles. The van der Waals surface area contributed by atoms with Gasteiger partial charge in [0.25, 0.3) is 0 Å². The number of halogens is 1. The number of nitrogens with zero attached hydrogens (tertiary/aromatic N) is 1. The molecular weight excluding hydrogens is 189 g/mol. The highest BCUT2D eigenvalue weighted by Crippen LogP contribution is 2.16. The second-order valence-electron chi connectivity index (χ2n) is 4.07. The van der Waals surface area contributed by atoms with Gasteiger partial charge in [-0.15, -0.1) is 0 Å². The SMILES string of the molecule is CCCC(C)CN(CF)c1ccccc1. The molecule has 15 heavy (non-hydrogen) atoms. The van der Waals surface area contributed by atoms with Gasteiger partial charge in [0.2, 0.25) is 0 Å². The minimum Gasteiger partial charge on any atom is -0.344 e. The predicted molar refractivity (Wildman–Crippen MR) is 63.8 cm³/mol. The first-order chi connectivity index (χ1) is 7.27. The van der Waals surface area contributed by atoms with Gasteiger partial charge < -0.3 is 4.90 Å². The van der Waals surface area contributed by atoms with E-state index in [1.54, 1.807) is 4.90 Å². The van der Waals surface area contributed by atoms with Crippen LogP contribution in [0.15, 0.2) is 30.3 Å². The van der Waals surface area contributed by atoms with E-state index in [4.69, 9.17) is 0 Å². The maximum absolute atomic E-state index is 12.9. The predicted octanol–water partition coefficient (Wildman–Crippen LogP) is 3.86. The van der Waals surface area contributed by atoms with Gasteiger partial charge in [0.05, 0.1) is 0 Å². The first-order valence-electron chi connectivity index (χ1n) is 5.63. The highest BCUT2D eigenvalue weighted by Gasteiger charge is 2.09. The van der Waals surface area contributed by atoms with Crippen molar-refractivity contribution in [2.24, 2.45) is 5.92 Å². The average Bonchev–Trinajstić information content (AvgIpc) is 2.27. The van der Waals surface area contributed by atoms with Crippen molar-refractivity contribution in [1.29, 1.82) is 0 Å². The highest BCUT2D eigenvalue weighted by molar-refractivity contribution is 5.45. The Morgan fingerprint density at radius 3 is 2.47 bits per heavy atom. The Balaban J connectivity index is 2.56. The summed E-state index contributed by atoms with van der Waals surface area (Å²) in [6, 6.07) is 9.76. The molecule has 0 heterocycles. The molecule has 1 nitrogen and oxygen atoms in total. The minimum absolute atomic E-state index is 0.405. The lowest BCUT2D eigenvalue weighted by atomic mass is 10.1. The van der Waals surface area contributed by atoms with Gasteiger partial charge in [-0.2, -0.15) is 0 Å². The molecule has 1 atom stereocenters. The van der Waals surface area contributed by atoms with Crippen LogP contribution >= 0.6 is 0 Å². The molecule has 2 heteroatoms. The van der Waals surface area contributed by atoms with Crippen LogP contribution in [0.25, 0.3) is 0 Å². The fourth-order valence-electron chi connectivity index (χ4n) is 1.82. The Bertz CT molecular complexity index is 260. The standard InChI is InChI=1S/C13H20FN/c1-3-7-12(2)10-15(11-14)13-8-5-4-6-9-13/h4-6,8-9,12H,3,7,10-11H2,1-2H3. The van der Waals surface area contributed by atoms with Crippen LogP contribution in [-0.2, 0) is 0 Å². The molecule has 1 unspecified atom stereocenters. The van der Waals surface area contributed by atoms with Crippen LogP contribution < -0.4 is 4.90 Å². The Morgan fingerprint density at radius 2 is 1.93 bits per heavy atom. The third-order valence-electron chi connectivity index (χ3n) is 2.58. The van der Waals surface area contributed by atoms with Gasteiger partial charge in [-0.05, 0) is 24.5 Å². The lowest BCUT2D eigenvalue weighted by Gasteiger charge is -2.24. The second kappa shape index (κ2) is 6.44. The van der Waals surface area contributed by atoms with E-state index in [9.17, 15) is 4.39 Å².